The molecule has 98 valence electrons. The predicted octanol–water partition coefficient (Wildman–Crippen LogP) is 1.91. The van der Waals surface area contributed by atoms with Crippen LogP contribution in [0.5, 0.6) is 0 Å². The SMILES string of the molecule is CC(N)C1CCN(c2ccc([N+](=O)[O-])cc2F)C1. The molecule has 2 unspecified atom stereocenters. The monoisotopic (exact) mass is 253 g/mol. The third-order valence-electron chi connectivity index (χ3n) is 3.45. The molecule has 0 saturated carbocycles. The van der Waals surface area contributed by atoms with Crippen LogP contribution >= 0.6 is 0 Å². The van der Waals surface area contributed by atoms with Crippen LogP contribution in [0.1, 0.15) is 13.3 Å². The smallest absolute Gasteiger partial charge is 0.272 e. The molecular weight excluding hydrogens is 237 g/mol. The van der Waals surface area contributed by atoms with Gasteiger partial charge in [0.15, 0.2) is 5.82 Å². The van der Waals surface area contributed by atoms with Crippen molar-refractivity contribution < 1.29 is 9.31 Å². The lowest BCUT2D eigenvalue weighted by Gasteiger charge is -2.20. The van der Waals surface area contributed by atoms with Gasteiger partial charge in [-0.1, -0.05) is 0 Å². The fourth-order valence-electron chi connectivity index (χ4n) is 2.30. The zero-order valence-corrected chi connectivity index (χ0v) is 10.2. The first kappa shape index (κ1) is 12.8. The number of benzene rings is 1. The van der Waals surface area contributed by atoms with E-state index in [1.807, 2.05) is 11.8 Å². The van der Waals surface area contributed by atoms with Crippen molar-refractivity contribution in [3.8, 4) is 0 Å². The molecule has 5 nitrogen and oxygen atoms in total. The Hall–Kier alpha value is -1.69. The first-order chi connectivity index (χ1) is 8.49. The van der Waals surface area contributed by atoms with E-state index < -0.39 is 10.7 Å². The Morgan fingerprint density at radius 2 is 2.33 bits per heavy atom. The van der Waals surface area contributed by atoms with Gasteiger partial charge in [0.1, 0.15) is 0 Å². The Kier molecular flexibility index (Phi) is 3.47. The number of nitrogens with zero attached hydrogens (tertiary/aromatic N) is 2. The normalized spacial score (nSPS) is 21.1. The third kappa shape index (κ3) is 2.43. The standard InChI is InChI=1S/C12H16FN3O2/c1-8(14)9-4-5-15(7-9)12-3-2-10(16(17)18)6-11(12)13/h2-3,6,8-9H,4-5,7,14H2,1H3. The van der Waals surface area contributed by atoms with Gasteiger partial charge in [-0.3, -0.25) is 10.1 Å². The van der Waals surface area contributed by atoms with E-state index in [9.17, 15) is 14.5 Å². The number of halogens is 1. The number of nitro groups is 1. The molecule has 6 heteroatoms. The fourth-order valence-corrected chi connectivity index (χ4v) is 2.30. The molecule has 1 aromatic rings. The summed E-state index contributed by atoms with van der Waals surface area (Å²) in [6.07, 6.45) is 0.925. The van der Waals surface area contributed by atoms with E-state index in [1.165, 1.54) is 12.1 Å². The second-order valence-corrected chi connectivity index (χ2v) is 4.75. The van der Waals surface area contributed by atoms with Crippen molar-refractivity contribution in [1.82, 2.24) is 0 Å². The molecule has 1 saturated heterocycles. The third-order valence-corrected chi connectivity index (χ3v) is 3.45. The van der Waals surface area contributed by atoms with Crippen LogP contribution < -0.4 is 10.6 Å². The Bertz CT molecular complexity index is 465. The topological polar surface area (TPSA) is 72.4 Å². The minimum Gasteiger partial charge on any atom is -0.369 e. The van der Waals surface area contributed by atoms with Crippen molar-refractivity contribution in [2.24, 2.45) is 11.7 Å². The Balaban J connectivity index is 2.18. The zero-order chi connectivity index (χ0) is 13.3. The highest BCUT2D eigenvalue weighted by Gasteiger charge is 2.27. The minimum absolute atomic E-state index is 0.0797. The highest BCUT2D eigenvalue weighted by atomic mass is 19.1. The largest absolute Gasteiger partial charge is 0.369 e. The molecule has 1 fully saturated rings. The highest BCUT2D eigenvalue weighted by Crippen LogP contribution is 2.29. The van der Waals surface area contributed by atoms with Gasteiger partial charge < -0.3 is 10.6 Å². The summed E-state index contributed by atoms with van der Waals surface area (Å²) < 4.78 is 13.8. The van der Waals surface area contributed by atoms with Crippen molar-refractivity contribution in [2.75, 3.05) is 18.0 Å². The van der Waals surface area contributed by atoms with Crippen LogP contribution in [0, 0.1) is 21.8 Å². The van der Waals surface area contributed by atoms with E-state index in [-0.39, 0.29) is 11.7 Å². The molecule has 1 aliphatic heterocycles. The van der Waals surface area contributed by atoms with Crippen LogP contribution in [0.3, 0.4) is 0 Å². The van der Waals surface area contributed by atoms with Gasteiger partial charge in [-0.05, 0) is 25.3 Å². The first-order valence-electron chi connectivity index (χ1n) is 5.93. The van der Waals surface area contributed by atoms with E-state index >= 15 is 0 Å². The second kappa shape index (κ2) is 4.89. The second-order valence-electron chi connectivity index (χ2n) is 4.75. The van der Waals surface area contributed by atoms with Crippen LogP contribution in [0.2, 0.25) is 0 Å². The van der Waals surface area contributed by atoms with Crippen LogP contribution in [-0.2, 0) is 0 Å². The van der Waals surface area contributed by atoms with Gasteiger partial charge >= 0.3 is 0 Å². The summed E-state index contributed by atoms with van der Waals surface area (Å²) in [6, 6.07) is 3.85. The summed E-state index contributed by atoms with van der Waals surface area (Å²) in [5, 5.41) is 10.5. The predicted molar refractivity (Wildman–Crippen MR) is 67.0 cm³/mol. The van der Waals surface area contributed by atoms with Crippen molar-refractivity contribution in [3.05, 3.63) is 34.1 Å². The number of anilines is 1. The van der Waals surface area contributed by atoms with Crippen LogP contribution in [0.25, 0.3) is 0 Å². The Morgan fingerprint density at radius 3 is 2.83 bits per heavy atom. The lowest BCUT2D eigenvalue weighted by molar-refractivity contribution is -0.385. The molecule has 0 aromatic heterocycles. The van der Waals surface area contributed by atoms with E-state index in [2.05, 4.69) is 0 Å². The molecule has 0 spiro atoms. The first-order valence-corrected chi connectivity index (χ1v) is 5.93. The van der Waals surface area contributed by atoms with Crippen LogP contribution in [-0.4, -0.2) is 24.1 Å². The average molecular weight is 253 g/mol. The quantitative estimate of drug-likeness (QED) is 0.659. The zero-order valence-electron chi connectivity index (χ0n) is 10.2. The van der Waals surface area contributed by atoms with Gasteiger partial charge in [0.25, 0.3) is 5.69 Å². The van der Waals surface area contributed by atoms with Crippen molar-refractivity contribution in [1.29, 1.82) is 0 Å². The molecule has 0 radical (unpaired) electrons. The lowest BCUT2D eigenvalue weighted by Crippen LogP contribution is -2.30. The number of non-ortho nitro benzene ring substituents is 1. The van der Waals surface area contributed by atoms with Gasteiger partial charge in [0.2, 0.25) is 0 Å². The molecule has 0 bridgehead atoms. The fraction of sp³-hybridized carbons (Fsp3) is 0.500. The summed E-state index contributed by atoms with van der Waals surface area (Å²) in [5.41, 5.74) is 6.03. The molecule has 0 amide bonds. The highest BCUT2D eigenvalue weighted by molar-refractivity contribution is 5.53. The molecule has 1 aromatic carbocycles. The molecule has 18 heavy (non-hydrogen) atoms. The summed E-state index contributed by atoms with van der Waals surface area (Å²) in [4.78, 5) is 11.8. The molecule has 2 rings (SSSR count). The van der Waals surface area contributed by atoms with Gasteiger partial charge in [0, 0.05) is 25.2 Å². The van der Waals surface area contributed by atoms with Crippen molar-refractivity contribution >= 4 is 11.4 Å². The molecular formula is C12H16FN3O2. The number of nitro benzene ring substituents is 1. The summed E-state index contributed by atoms with van der Waals surface area (Å²) in [5.74, 6) is -0.200. The molecule has 2 atom stereocenters. The van der Waals surface area contributed by atoms with Gasteiger partial charge in [-0.15, -0.1) is 0 Å². The number of hydrogen-bond donors (Lipinski definition) is 1. The van der Waals surface area contributed by atoms with Gasteiger partial charge in [0.05, 0.1) is 16.7 Å². The van der Waals surface area contributed by atoms with Gasteiger partial charge in [-0.2, -0.15) is 0 Å². The summed E-state index contributed by atoms with van der Waals surface area (Å²) in [7, 11) is 0. The molecule has 1 heterocycles. The van der Waals surface area contributed by atoms with E-state index in [1.54, 1.807) is 0 Å². The maximum Gasteiger partial charge on any atom is 0.272 e. The summed E-state index contributed by atoms with van der Waals surface area (Å²) >= 11 is 0. The average Bonchev–Trinajstić information content (AvgIpc) is 2.78. The molecule has 2 N–H and O–H groups in total. The summed E-state index contributed by atoms with van der Waals surface area (Å²) in [6.45, 7) is 3.38. The van der Waals surface area contributed by atoms with E-state index in [4.69, 9.17) is 5.73 Å². The Morgan fingerprint density at radius 1 is 1.61 bits per heavy atom. The van der Waals surface area contributed by atoms with Crippen LogP contribution in [0.4, 0.5) is 15.8 Å². The maximum atomic E-state index is 13.8. The maximum absolute atomic E-state index is 13.8. The number of hydrogen-bond acceptors (Lipinski definition) is 4. The van der Waals surface area contributed by atoms with Crippen LogP contribution in [0.15, 0.2) is 18.2 Å². The Labute approximate surface area is 105 Å². The van der Waals surface area contributed by atoms with Crippen molar-refractivity contribution in [2.45, 2.75) is 19.4 Å². The van der Waals surface area contributed by atoms with Crippen molar-refractivity contribution in [3.63, 3.8) is 0 Å². The molecule has 0 aliphatic carbocycles. The lowest BCUT2D eigenvalue weighted by atomic mass is 10.0. The minimum atomic E-state index is -0.596. The van der Waals surface area contributed by atoms with Gasteiger partial charge in [-0.25, -0.2) is 4.39 Å². The number of nitrogens with two attached hydrogens (primary N) is 1. The number of rotatable bonds is 3. The molecule has 1 aliphatic rings. The van der Waals surface area contributed by atoms with E-state index in [0.717, 1.165) is 19.0 Å². The van der Waals surface area contributed by atoms with E-state index in [0.29, 0.717) is 18.2 Å².